The van der Waals surface area contributed by atoms with Crippen LogP contribution in [0.4, 0.5) is 5.69 Å². The second-order valence-corrected chi connectivity index (χ2v) is 6.17. The maximum atomic E-state index is 9.09. The number of anilines is 1. The van der Waals surface area contributed by atoms with Gasteiger partial charge in [0.1, 0.15) is 0 Å². The molecule has 0 radical (unpaired) electrons. The quantitative estimate of drug-likeness (QED) is 0.885. The first-order valence-electron chi connectivity index (χ1n) is 6.98. The molecule has 2 nitrogen and oxygen atoms in total. The van der Waals surface area contributed by atoms with Crippen molar-refractivity contribution < 1.29 is 5.11 Å². The molecule has 1 unspecified atom stereocenters. The van der Waals surface area contributed by atoms with Gasteiger partial charge >= 0.3 is 0 Å². The van der Waals surface area contributed by atoms with Crippen LogP contribution in [0, 0.1) is 12.8 Å². The molecule has 0 bridgehead atoms. The number of hydrogen-bond acceptors (Lipinski definition) is 2. The minimum Gasteiger partial charge on any atom is -0.396 e. The molecule has 1 heterocycles. The molecular weight excluding hydrogens is 222 g/mol. The standard InChI is InChI=1S/C16H25NO/c1-13-4-6-15(7-5-13)17-10-8-14(9-11-18)12-16(17,2)3/h4-7,14,18H,8-12H2,1-3H3. The number of aliphatic hydroxyl groups is 1. The fourth-order valence-electron chi connectivity index (χ4n) is 3.17. The average molecular weight is 247 g/mol. The first-order valence-corrected chi connectivity index (χ1v) is 6.98. The Morgan fingerprint density at radius 2 is 1.94 bits per heavy atom. The second-order valence-electron chi connectivity index (χ2n) is 6.17. The Bertz CT molecular complexity index is 383. The third kappa shape index (κ3) is 2.86. The van der Waals surface area contributed by atoms with Crippen molar-refractivity contribution in [1.29, 1.82) is 0 Å². The maximum absolute atomic E-state index is 9.09. The molecule has 2 rings (SSSR count). The summed E-state index contributed by atoms with van der Waals surface area (Å²) in [5.41, 5.74) is 2.83. The maximum Gasteiger partial charge on any atom is 0.0433 e. The molecule has 0 spiro atoms. The highest BCUT2D eigenvalue weighted by atomic mass is 16.3. The van der Waals surface area contributed by atoms with Crippen LogP contribution in [-0.4, -0.2) is 23.8 Å². The molecule has 1 fully saturated rings. The van der Waals surface area contributed by atoms with Crippen LogP contribution in [0.5, 0.6) is 0 Å². The lowest BCUT2D eigenvalue weighted by Gasteiger charge is -2.47. The number of aliphatic hydroxyl groups excluding tert-OH is 1. The molecule has 100 valence electrons. The number of aryl methyl sites for hydroxylation is 1. The summed E-state index contributed by atoms with van der Waals surface area (Å²) in [5, 5.41) is 9.09. The predicted molar refractivity (Wildman–Crippen MR) is 77.0 cm³/mol. The summed E-state index contributed by atoms with van der Waals surface area (Å²) in [6.07, 6.45) is 3.31. The van der Waals surface area contributed by atoms with E-state index in [1.807, 2.05) is 0 Å². The van der Waals surface area contributed by atoms with Crippen molar-refractivity contribution in [2.75, 3.05) is 18.1 Å². The number of piperidine rings is 1. The Morgan fingerprint density at radius 3 is 2.50 bits per heavy atom. The normalized spacial score (nSPS) is 23.1. The summed E-state index contributed by atoms with van der Waals surface area (Å²) >= 11 is 0. The third-order valence-electron chi connectivity index (χ3n) is 4.16. The van der Waals surface area contributed by atoms with Gasteiger partial charge in [0, 0.05) is 24.4 Å². The lowest BCUT2D eigenvalue weighted by atomic mass is 9.81. The van der Waals surface area contributed by atoms with E-state index < -0.39 is 0 Å². The zero-order valence-corrected chi connectivity index (χ0v) is 11.8. The number of benzene rings is 1. The van der Waals surface area contributed by atoms with Crippen molar-refractivity contribution in [3.63, 3.8) is 0 Å². The molecule has 1 aromatic carbocycles. The monoisotopic (exact) mass is 247 g/mol. The lowest BCUT2D eigenvalue weighted by Crippen LogP contribution is -2.50. The van der Waals surface area contributed by atoms with E-state index in [2.05, 4.69) is 49.9 Å². The van der Waals surface area contributed by atoms with Gasteiger partial charge in [0.15, 0.2) is 0 Å². The summed E-state index contributed by atoms with van der Waals surface area (Å²) < 4.78 is 0. The van der Waals surface area contributed by atoms with Crippen LogP contribution in [0.2, 0.25) is 0 Å². The molecule has 0 aromatic heterocycles. The van der Waals surface area contributed by atoms with E-state index in [1.54, 1.807) is 0 Å². The van der Waals surface area contributed by atoms with E-state index in [1.165, 1.54) is 24.1 Å². The van der Waals surface area contributed by atoms with Crippen LogP contribution >= 0.6 is 0 Å². The van der Waals surface area contributed by atoms with Gasteiger partial charge in [0.25, 0.3) is 0 Å². The van der Waals surface area contributed by atoms with Crippen LogP contribution in [0.15, 0.2) is 24.3 Å². The minimum atomic E-state index is 0.188. The fraction of sp³-hybridized carbons (Fsp3) is 0.625. The van der Waals surface area contributed by atoms with E-state index >= 15 is 0 Å². The Labute approximate surface area is 111 Å². The largest absolute Gasteiger partial charge is 0.396 e. The molecule has 0 aliphatic carbocycles. The van der Waals surface area contributed by atoms with Crippen molar-refractivity contribution in [3.05, 3.63) is 29.8 Å². The van der Waals surface area contributed by atoms with Gasteiger partial charge in [-0.05, 0) is 58.1 Å². The van der Waals surface area contributed by atoms with E-state index in [4.69, 9.17) is 5.11 Å². The predicted octanol–water partition coefficient (Wildman–Crippen LogP) is 3.37. The Morgan fingerprint density at radius 1 is 1.28 bits per heavy atom. The van der Waals surface area contributed by atoms with Gasteiger partial charge in [-0.15, -0.1) is 0 Å². The van der Waals surface area contributed by atoms with Crippen LogP contribution in [0.3, 0.4) is 0 Å². The Kier molecular flexibility index (Phi) is 3.96. The SMILES string of the molecule is Cc1ccc(N2CCC(CCO)CC2(C)C)cc1. The smallest absolute Gasteiger partial charge is 0.0433 e. The molecule has 1 N–H and O–H groups in total. The van der Waals surface area contributed by atoms with Crippen molar-refractivity contribution in [2.45, 2.75) is 45.6 Å². The zero-order chi connectivity index (χ0) is 13.2. The summed E-state index contributed by atoms with van der Waals surface area (Å²) in [6, 6.07) is 8.82. The van der Waals surface area contributed by atoms with E-state index in [0.29, 0.717) is 12.5 Å². The Balaban J connectivity index is 2.12. The zero-order valence-electron chi connectivity index (χ0n) is 11.8. The minimum absolute atomic E-state index is 0.188. The Hall–Kier alpha value is -1.02. The highest BCUT2D eigenvalue weighted by Gasteiger charge is 2.34. The molecule has 1 atom stereocenters. The molecule has 2 heteroatoms. The topological polar surface area (TPSA) is 23.5 Å². The molecule has 1 aliphatic rings. The highest BCUT2D eigenvalue weighted by molar-refractivity contribution is 5.50. The van der Waals surface area contributed by atoms with Crippen LogP contribution in [0.1, 0.15) is 38.7 Å². The number of rotatable bonds is 3. The molecular formula is C16H25NO. The fourth-order valence-corrected chi connectivity index (χ4v) is 3.17. The first kappa shape index (κ1) is 13.4. The van der Waals surface area contributed by atoms with Crippen molar-refractivity contribution >= 4 is 5.69 Å². The highest BCUT2D eigenvalue weighted by Crippen LogP contribution is 2.36. The van der Waals surface area contributed by atoms with Gasteiger partial charge in [0.05, 0.1) is 0 Å². The summed E-state index contributed by atoms with van der Waals surface area (Å²) in [4.78, 5) is 2.51. The molecule has 1 saturated heterocycles. The average Bonchev–Trinajstić information content (AvgIpc) is 2.30. The van der Waals surface area contributed by atoms with E-state index in [9.17, 15) is 0 Å². The summed E-state index contributed by atoms with van der Waals surface area (Å²) in [5.74, 6) is 0.673. The molecule has 0 amide bonds. The summed E-state index contributed by atoms with van der Waals surface area (Å²) in [7, 11) is 0. The summed E-state index contributed by atoms with van der Waals surface area (Å²) in [6.45, 7) is 8.18. The van der Waals surface area contributed by atoms with Gasteiger partial charge in [-0.25, -0.2) is 0 Å². The first-order chi connectivity index (χ1) is 8.53. The van der Waals surface area contributed by atoms with Gasteiger partial charge < -0.3 is 10.0 Å². The van der Waals surface area contributed by atoms with Crippen LogP contribution < -0.4 is 4.90 Å². The second kappa shape index (κ2) is 5.31. The number of hydrogen-bond donors (Lipinski definition) is 1. The van der Waals surface area contributed by atoms with Gasteiger partial charge in [-0.3, -0.25) is 0 Å². The van der Waals surface area contributed by atoms with Gasteiger partial charge in [-0.1, -0.05) is 17.7 Å². The van der Waals surface area contributed by atoms with Crippen molar-refractivity contribution in [2.24, 2.45) is 5.92 Å². The molecule has 18 heavy (non-hydrogen) atoms. The van der Waals surface area contributed by atoms with Gasteiger partial charge in [0.2, 0.25) is 0 Å². The molecule has 1 aromatic rings. The van der Waals surface area contributed by atoms with Crippen molar-refractivity contribution in [1.82, 2.24) is 0 Å². The molecule has 0 saturated carbocycles. The van der Waals surface area contributed by atoms with Crippen LogP contribution in [-0.2, 0) is 0 Å². The van der Waals surface area contributed by atoms with Crippen LogP contribution in [0.25, 0.3) is 0 Å². The third-order valence-corrected chi connectivity index (χ3v) is 4.16. The van der Waals surface area contributed by atoms with Gasteiger partial charge in [-0.2, -0.15) is 0 Å². The van der Waals surface area contributed by atoms with E-state index in [0.717, 1.165) is 13.0 Å². The number of nitrogens with zero attached hydrogens (tertiary/aromatic N) is 1. The molecule has 1 aliphatic heterocycles. The van der Waals surface area contributed by atoms with E-state index in [-0.39, 0.29) is 5.54 Å². The lowest BCUT2D eigenvalue weighted by molar-refractivity contribution is 0.205. The van der Waals surface area contributed by atoms with Crippen molar-refractivity contribution in [3.8, 4) is 0 Å².